The fourth-order valence-electron chi connectivity index (χ4n) is 2.82. The molecule has 138 valence electrons. The van der Waals surface area contributed by atoms with Crippen LogP contribution < -0.4 is 10.1 Å². The molecule has 1 atom stereocenters. The van der Waals surface area contributed by atoms with Crippen LogP contribution in [-0.2, 0) is 4.79 Å². The van der Waals surface area contributed by atoms with Crippen molar-refractivity contribution in [2.75, 3.05) is 6.61 Å². The monoisotopic (exact) mass is 423 g/mol. The summed E-state index contributed by atoms with van der Waals surface area (Å²) >= 11 is 3.46. The minimum absolute atomic E-state index is 0.0315. The molecule has 1 amide bonds. The summed E-state index contributed by atoms with van der Waals surface area (Å²) in [7, 11) is 0. The zero-order valence-electron chi connectivity index (χ0n) is 15.4. The van der Waals surface area contributed by atoms with Crippen LogP contribution in [0.5, 0.6) is 5.75 Å². The van der Waals surface area contributed by atoms with E-state index in [0.29, 0.717) is 5.75 Å². The first-order valence-corrected chi connectivity index (χ1v) is 9.62. The predicted molar refractivity (Wildman–Crippen MR) is 112 cm³/mol. The van der Waals surface area contributed by atoms with Gasteiger partial charge < -0.3 is 10.1 Å². The fourth-order valence-corrected chi connectivity index (χ4v) is 3.07. The molecule has 0 bridgehead atoms. The number of ether oxygens (including phenoxy) is 1. The van der Waals surface area contributed by atoms with Crippen LogP contribution >= 0.6 is 15.9 Å². The van der Waals surface area contributed by atoms with E-state index in [0.717, 1.165) is 21.2 Å². The summed E-state index contributed by atoms with van der Waals surface area (Å²) in [5, 5.41) is 3.09. The van der Waals surface area contributed by atoms with Gasteiger partial charge in [-0.25, -0.2) is 0 Å². The molecule has 3 aromatic rings. The van der Waals surface area contributed by atoms with Gasteiger partial charge in [0.1, 0.15) is 5.75 Å². The maximum atomic E-state index is 12.5. The van der Waals surface area contributed by atoms with Gasteiger partial charge in [0, 0.05) is 4.47 Å². The summed E-state index contributed by atoms with van der Waals surface area (Å²) in [6.07, 6.45) is 0. The number of amides is 1. The molecule has 0 heterocycles. The van der Waals surface area contributed by atoms with Crippen molar-refractivity contribution >= 4 is 21.8 Å². The zero-order chi connectivity index (χ0) is 19.2. The standard InChI is InChI=1S/C23H22BrNO2/c1-16-8-10-19(11-9-16)23(18-6-4-3-5-7-18)25-22(26)15-27-20-12-13-21(24)17(2)14-20/h3-14,23H,15H2,1-2H3,(H,25,26)/t23-/m0/s1. The molecule has 3 aromatic carbocycles. The van der Waals surface area contributed by atoms with Crippen molar-refractivity contribution in [3.05, 3.63) is 99.5 Å². The van der Waals surface area contributed by atoms with E-state index in [4.69, 9.17) is 4.74 Å². The molecular weight excluding hydrogens is 402 g/mol. The van der Waals surface area contributed by atoms with Gasteiger partial charge in [0.25, 0.3) is 5.91 Å². The molecule has 0 spiro atoms. The van der Waals surface area contributed by atoms with Gasteiger partial charge in [0.15, 0.2) is 6.61 Å². The quantitative estimate of drug-likeness (QED) is 0.579. The first kappa shape index (κ1) is 19.2. The van der Waals surface area contributed by atoms with Gasteiger partial charge in [-0.05, 0) is 48.7 Å². The largest absolute Gasteiger partial charge is 0.484 e. The average molecular weight is 424 g/mol. The van der Waals surface area contributed by atoms with E-state index in [9.17, 15) is 4.79 Å². The molecule has 0 radical (unpaired) electrons. The highest BCUT2D eigenvalue weighted by Gasteiger charge is 2.17. The van der Waals surface area contributed by atoms with E-state index in [2.05, 4.69) is 33.4 Å². The van der Waals surface area contributed by atoms with Crippen LogP contribution in [0.25, 0.3) is 0 Å². The molecular formula is C23H22BrNO2. The van der Waals surface area contributed by atoms with E-state index in [1.165, 1.54) is 5.56 Å². The van der Waals surface area contributed by atoms with Crippen LogP contribution in [0, 0.1) is 13.8 Å². The Balaban J connectivity index is 1.72. The highest BCUT2D eigenvalue weighted by molar-refractivity contribution is 9.10. The van der Waals surface area contributed by atoms with Gasteiger partial charge in [-0.1, -0.05) is 76.1 Å². The van der Waals surface area contributed by atoms with Crippen molar-refractivity contribution in [2.24, 2.45) is 0 Å². The van der Waals surface area contributed by atoms with Crippen molar-refractivity contribution in [3.63, 3.8) is 0 Å². The lowest BCUT2D eigenvalue weighted by atomic mass is 9.98. The van der Waals surface area contributed by atoms with Gasteiger partial charge in [0.05, 0.1) is 6.04 Å². The molecule has 3 nitrogen and oxygen atoms in total. The Hall–Kier alpha value is -2.59. The number of hydrogen-bond donors (Lipinski definition) is 1. The minimum Gasteiger partial charge on any atom is -0.484 e. The number of halogens is 1. The van der Waals surface area contributed by atoms with Crippen LogP contribution in [0.15, 0.2) is 77.3 Å². The SMILES string of the molecule is Cc1ccc([C@@H](NC(=O)COc2ccc(Br)c(C)c2)c2ccccc2)cc1. The van der Waals surface area contributed by atoms with Crippen LogP contribution in [0.2, 0.25) is 0 Å². The smallest absolute Gasteiger partial charge is 0.258 e. The average Bonchev–Trinajstić information content (AvgIpc) is 2.68. The Morgan fingerprint density at radius 3 is 2.30 bits per heavy atom. The third-order valence-electron chi connectivity index (χ3n) is 4.35. The second-order valence-corrected chi connectivity index (χ2v) is 7.38. The maximum Gasteiger partial charge on any atom is 0.258 e. The molecule has 0 aromatic heterocycles. The van der Waals surface area contributed by atoms with Crippen LogP contribution in [0.3, 0.4) is 0 Å². The number of nitrogens with one attached hydrogen (secondary N) is 1. The number of aryl methyl sites for hydroxylation is 2. The normalized spacial score (nSPS) is 11.7. The molecule has 3 rings (SSSR count). The maximum absolute atomic E-state index is 12.5. The van der Waals surface area contributed by atoms with Crippen LogP contribution in [-0.4, -0.2) is 12.5 Å². The van der Waals surface area contributed by atoms with Crippen molar-refractivity contribution in [2.45, 2.75) is 19.9 Å². The first-order valence-electron chi connectivity index (χ1n) is 8.83. The molecule has 1 N–H and O–H groups in total. The van der Waals surface area contributed by atoms with Gasteiger partial charge in [-0.15, -0.1) is 0 Å². The number of hydrogen-bond acceptors (Lipinski definition) is 2. The Morgan fingerprint density at radius 2 is 1.63 bits per heavy atom. The third-order valence-corrected chi connectivity index (χ3v) is 5.24. The Morgan fingerprint density at radius 1 is 0.963 bits per heavy atom. The van der Waals surface area contributed by atoms with E-state index in [-0.39, 0.29) is 18.6 Å². The summed E-state index contributed by atoms with van der Waals surface area (Å²) in [5.41, 5.74) is 4.33. The van der Waals surface area contributed by atoms with E-state index in [1.54, 1.807) is 0 Å². The summed E-state index contributed by atoms with van der Waals surface area (Å²) in [4.78, 5) is 12.5. The van der Waals surface area contributed by atoms with Gasteiger partial charge in [-0.3, -0.25) is 4.79 Å². The Labute approximate surface area is 168 Å². The predicted octanol–water partition coefficient (Wildman–Crippen LogP) is 5.35. The number of benzene rings is 3. The zero-order valence-corrected chi connectivity index (χ0v) is 17.0. The van der Waals surface area contributed by atoms with Crippen LogP contribution in [0.1, 0.15) is 28.3 Å². The fraction of sp³-hybridized carbons (Fsp3) is 0.174. The van der Waals surface area contributed by atoms with Crippen molar-refractivity contribution in [1.29, 1.82) is 0 Å². The van der Waals surface area contributed by atoms with E-state index < -0.39 is 0 Å². The number of carbonyl (C=O) groups is 1. The van der Waals surface area contributed by atoms with Crippen molar-refractivity contribution in [3.8, 4) is 5.75 Å². The Bertz CT molecular complexity index is 907. The molecule has 0 fully saturated rings. The number of rotatable bonds is 6. The molecule has 0 aliphatic rings. The molecule has 0 unspecified atom stereocenters. The van der Waals surface area contributed by atoms with Crippen molar-refractivity contribution < 1.29 is 9.53 Å². The topological polar surface area (TPSA) is 38.3 Å². The van der Waals surface area contributed by atoms with Gasteiger partial charge in [0.2, 0.25) is 0 Å². The molecule has 0 saturated heterocycles. The Kier molecular flexibility index (Phi) is 6.30. The van der Waals surface area contributed by atoms with Crippen molar-refractivity contribution in [1.82, 2.24) is 5.32 Å². The lowest BCUT2D eigenvalue weighted by molar-refractivity contribution is -0.123. The van der Waals surface area contributed by atoms with Crippen LogP contribution in [0.4, 0.5) is 0 Å². The summed E-state index contributed by atoms with van der Waals surface area (Å²) < 4.78 is 6.68. The first-order chi connectivity index (χ1) is 13.0. The molecule has 0 aliphatic heterocycles. The molecule has 4 heteroatoms. The molecule has 0 aliphatic carbocycles. The van der Waals surface area contributed by atoms with Gasteiger partial charge in [-0.2, -0.15) is 0 Å². The lowest BCUT2D eigenvalue weighted by Gasteiger charge is -2.20. The molecule has 27 heavy (non-hydrogen) atoms. The highest BCUT2D eigenvalue weighted by Crippen LogP contribution is 2.23. The summed E-state index contributed by atoms with van der Waals surface area (Å²) in [5.74, 6) is 0.516. The van der Waals surface area contributed by atoms with E-state index in [1.807, 2.05) is 74.5 Å². The second kappa shape index (κ2) is 8.87. The second-order valence-electron chi connectivity index (χ2n) is 6.52. The van der Waals surface area contributed by atoms with Gasteiger partial charge >= 0.3 is 0 Å². The highest BCUT2D eigenvalue weighted by atomic mass is 79.9. The summed E-state index contributed by atoms with van der Waals surface area (Å²) in [6.45, 7) is 4.00. The summed E-state index contributed by atoms with van der Waals surface area (Å²) in [6, 6.07) is 23.6. The van der Waals surface area contributed by atoms with E-state index >= 15 is 0 Å². The molecule has 0 saturated carbocycles. The lowest BCUT2D eigenvalue weighted by Crippen LogP contribution is -2.33. The number of carbonyl (C=O) groups excluding carboxylic acids is 1. The third kappa shape index (κ3) is 5.20. The minimum atomic E-state index is -0.213.